The van der Waals surface area contributed by atoms with Gasteiger partial charge in [0.15, 0.2) is 0 Å². The molecule has 1 aliphatic rings. The van der Waals surface area contributed by atoms with Crippen molar-refractivity contribution in [3.05, 3.63) is 58.6 Å². The van der Waals surface area contributed by atoms with Crippen LogP contribution in [-0.4, -0.2) is 38.2 Å². The molecule has 1 heterocycles. The van der Waals surface area contributed by atoms with Crippen LogP contribution in [0.15, 0.2) is 42.5 Å². The molecule has 2 N–H and O–H groups in total. The maximum atomic E-state index is 12.4. The average molecular weight is 411 g/mol. The zero-order valence-electron chi connectivity index (χ0n) is 15.4. The predicted octanol–water partition coefficient (Wildman–Crippen LogP) is 3.74. The number of likely N-dealkylation sites (tertiary alicyclic amines) is 1. The van der Waals surface area contributed by atoms with Crippen molar-refractivity contribution in [2.45, 2.75) is 12.5 Å². The monoisotopic (exact) mass is 410 g/mol. The van der Waals surface area contributed by atoms with Gasteiger partial charge in [0.2, 0.25) is 0 Å². The Balaban J connectivity index is 0.00000261. The smallest absolute Gasteiger partial charge is 0.310 e. The molecule has 0 spiro atoms. The molecule has 3 rings (SSSR count). The topological polar surface area (TPSA) is 64.8 Å². The molecule has 0 aromatic heterocycles. The fourth-order valence-electron chi connectivity index (χ4n) is 3.62. The van der Waals surface area contributed by atoms with Gasteiger partial charge < -0.3 is 15.2 Å². The van der Waals surface area contributed by atoms with Gasteiger partial charge in [-0.05, 0) is 23.3 Å². The first-order chi connectivity index (χ1) is 12.5. The molecule has 1 fully saturated rings. The van der Waals surface area contributed by atoms with Crippen molar-refractivity contribution >= 4 is 35.7 Å². The Morgan fingerprint density at radius 1 is 1.22 bits per heavy atom. The molecule has 2 atom stereocenters. The summed E-state index contributed by atoms with van der Waals surface area (Å²) in [6, 6.07) is 13.7. The third-order valence-corrected chi connectivity index (χ3v) is 5.20. The van der Waals surface area contributed by atoms with Gasteiger partial charge in [-0.25, -0.2) is 0 Å². The minimum atomic E-state index is -0.281. The first-order valence-electron chi connectivity index (χ1n) is 8.50. The Morgan fingerprint density at radius 3 is 2.56 bits per heavy atom. The predicted molar refractivity (Wildman–Crippen MR) is 110 cm³/mol. The molecule has 2 aromatic carbocycles. The highest BCUT2D eigenvalue weighted by Crippen LogP contribution is 2.40. The number of esters is 1. The summed E-state index contributed by atoms with van der Waals surface area (Å²) in [5, 5.41) is 0.461. The lowest BCUT2D eigenvalue weighted by Gasteiger charge is -2.20. The van der Waals surface area contributed by atoms with Crippen molar-refractivity contribution in [1.29, 1.82) is 0 Å². The summed E-state index contributed by atoms with van der Waals surface area (Å²) in [6.07, 6.45) is 0. The number of rotatable bonds is 5. The number of nitrogens with zero attached hydrogens (tertiary/aromatic N) is 1. The van der Waals surface area contributed by atoms with Gasteiger partial charge in [-0.2, -0.15) is 0 Å². The van der Waals surface area contributed by atoms with E-state index >= 15 is 0 Å². The quantitative estimate of drug-likeness (QED) is 0.600. The molecular weight excluding hydrogens is 387 g/mol. The van der Waals surface area contributed by atoms with Gasteiger partial charge >= 0.3 is 5.97 Å². The van der Waals surface area contributed by atoms with Crippen molar-refractivity contribution in [3.63, 3.8) is 0 Å². The van der Waals surface area contributed by atoms with Crippen molar-refractivity contribution in [1.82, 2.24) is 4.90 Å². The van der Waals surface area contributed by atoms with E-state index in [1.54, 1.807) is 13.2 Å². The van der Waals surface area contributed by atoms with Crippen LogP contribution in [0.4, 0.5) is 5.69 Å². The first kappa shape index (κ1) is 21.4. The summed E-state index contributed by atoms with van der Waals surface area (Å²) in [5.41, 5.74) is 8.86. The number of carbonyl (C=O) groups excluding carboxylic acids is 1. The molecular formula is C20H24Cl2N2O3. The number of benzene rings is 2. The summed E-state index contributed by atoms with van der Waals surface area (Å²) in [7, 11) is 2.99. The highest BCUT2D eigenvalue weighted by atomic mass is 35.5. The third kappa shape index (κ3) is 4.67. The number of carbonyl (C=O) groups is 1. The number of halogens is 2. The van der Waals surface area contributed by atoms with Crippen LogP contribution in [-0.2, 0) is 16.1 Å². The molecule has 1 saturated heterocycles. The second-order valence-electron chi connectivity index (χ2n) is 6.53. The van der Waals surface area contributed by atoms with Gasteiger partial charge in [0.25, 0.3) is 0 Å². The number of nitrogens with two attached hydrogens (primary N) is 1. The van der Waals surface area contributed by atoms with Crippen molar-refractivity contribution in [3.8, 4) is 5.75 Å². The molecule has 0 radical (unpaired) electrons. The maximum absolute atomic E-state index is 12.4. The van der Waals surface area contributed by atoms with Crippen LogP contribution < -0.4 is 10.5 Å². The highest BCUT2D eigenvalue weighted by molar-refractivity contribution is 6.32. The second-order valence-corrected chi connectivity index (χ2v) is 6.94. The lowest BCUT2D eigenvalue weighted by atomic mass is 9.88. The summed E-state index contributed by atoms with van der Waals surface area (Å²) in [4.78, 5) is 14.6. The Bertz CT molecular complexity index is 786. The minimum absolute atomic E-state index is 0. The van der Waals surface area contributed by atoms with E-state index in [-0.39, 0.29) is 30.2 Å². The number of ether oxygens (including phenoxy) is 2. The largest absolute Gasteiger partial charge is 0.495 e. The van der Waals surface area contributed by atoms with Crippen molar-refractivity contribution in [2.75, 3.05) is 33.0 Å². The SMILES string of the molecule is COC(=O)C1CN(Cc2ccccc2)CC1c1cc(OC)c(Cl)cc1N.Cl. The number of hydrogen-bond acceptors (Lipinski definition) is 5. The van der Waals surface area contributed by atoms with E-state index < -0.39 is 0 Å². The number of anilines is 1. The molecule has 1 aliphatic heterocycles. The minimum Gasteiger partial charge on any atom is -0.495 e. The average Bonchev–Trinajstić information content (AvgIpc) is 3.05. The zero-order chi connectivity index (χ0) is 18.7. The summed E-state index contributed by atoms with van der Waals surface area (Å²) in [6.45, 7) is 2.11. The molecule has 0 amide bonds. The van der Waals surface area contributed by atoms with Gasteiger partial charge in [0, 0.05) is 31.2 Å². The Morgan fingerprint density at radius 2 is 1.93 bits per heavy atom. The van der Waals surface area contributed by atoms with E-state index in [1.807, 2.05) is 24.3 Å². The summed E-state index contributed by atoms with van der Waals surface area (Å²) < 4.78 is 10.4. The molecule has 2 aromatic rings. The molecule has 0 saturated carbocycles. The van der Waals surface area contributed by atoms with Crippen LogP contribution >= 0.6 is 24.0 Å². The summed E-state index contributed by atoms with van der Waals surface area (Å²) >= 11 is 6.16. The lowest BCUT2D eigenvalue weighted by molar-refractivity contribution is -0.145. The molecule has 2 unspecified atom stereocenters. The van der Waals surface area contributed by atoms with Crippen molar-refractivity contribution < 1.29 is 14.3 Å². The maximum Gasteiger partial charge on any atom is 0.310 e. The van der Waals surface area contributed by atoms with Crippen LogP contribution in [0, 0.1) is 5.92 Å². The van der Waals surface area contributed by atoms with Gasteiger partial charge in [-0.1, -0.05) is 41.9 Å². The van der Waals surface area contributed by atoms with E-state index in [2.05, 4.69) is 17.0 Å². The van der Waals surface area contributed by atoms with Gasteiger partial charge in [0.05, 0.1) is 25.2 Å². The van der Waals surface area contributed by atoms with Crippen molar-refractivity contribution in [2.24, 2.45) is 5.92 Å². The molecule has 0 bridgehead atoms. The van der Waals surface area contributed by atoms with E-state index in [0.29, 0.717) is 29.5 Å². The van der Waals surface area contributed by atoms with Crippen LogP contribution in [0.3, 0.4) is 0 Å². The van der Waals surface area contributed by atoms with E-state index in [0.717, 1.165) is 12.1 Å². The normalized spacial score (nSPS) is 19.4. The Hall–Kier alpha value is -1.95. The number of nitrogen functional groups attached to an aromatic ring is 1. The van der Waals surface area contributed by atoms with Gasteiger partial charge in [-0.15, -0.1) is 12.4 Å². The van der Waals surface area contributed by atoms with E-state index in [9.17, 15) is 4.79 Å². The Labute approximate surface area is 170 Å². The highest BCUT2D eigenvalue weighted by Gasteiger charge is 2.40. The van der Waals surface area contributed by atoms with E-state index in [4.69, 9.17) is 26.8 Å². The van der Waals surface area contributed by atoms with Crippen LogP contribution in [0.2, 0.25) is 5.02 Å². The summed E-state index contributed by atoms with van der Waals surface area (Å²) in [5.74, 6) is -0.0194. The number of hydrogen-bond donors (Lipinski definition) is 1. The van der Waals surface area contributed by atoms with Crippen LogP contribution in [0.25, 0.3) is 0 Å². The zero-order valence-corrected chi connectivity index (χ0v) is 16.9. The van der Waals surface area contributed by atoms with Crippen LogP contribution in [0.5, 0.6) is 5.75 Å². The molecule has 0 aliphatic carbocycles. The Kier molecular flexibility index (Phi) is 7.36. The molecule has 146 valence electrons. The lowest BCUT2D eigenvalue weighted by Crippen LogP contribution is -2.24. The fourth-order valence-corrected chi connectivity index (χ4v) is 3.87. The van der Waals surface area contributed by atoms with Gasteiger partial charge in [-0.3, -0.25) is 9.69 Å². The second kappa shape index (κ2) is 9.31. The molecule has 27 heavy (non-hydrogen) atoms. The third-order valence-electron chi connectivity index (χ3n) is 4.91. The van der Waals surface area contributed by atoms with Gasteiger partial charge in [0.1, 0.15) is 5.75 Å². The standard InChI is InChI=1S/C20H23ClN2O3.ClH/c1-25-19-8-14(18(22)9-17(19)21)15-11-23(12-16(15)20(24)26-2)10-13-6-4-3-5-7-13;/h3-9,15-16H,10-12,22H2,1-2H3;1H. The number of methoxy groups -OCH3 is 2. The van der Waals surface area contributed by atoms with Crippen LogP contribution in [0.1, 0.15) is 17.0 Å². The first-order valence-corrected chi connectivity index (χ1v) is 8.88. The molecule has 5 nitrogen and oxygen atoms in total. The fraction of sp³-hybridized carbons (Fsp3) is 0.350. The van der Waals surface area contributed by atoms with E-state index in [1.165, 1.54) is 12.7 Å². The molecule has 7 heteroatoms.